The summed E-state index contributed by atoms with van der Waals surface area (Å²) in [6.07, 6.45) is 19.2. The van der Waals surface area contributed by atoms with Crippen molar-refractivity contribution < 1.29 is 13.7 Å². The topological polar surface area (TPSA) is 340 Å². The number of nitrogens with one attached hydrogen (secondary N) is 3. The van der Waals surface area contributed by atoms with E-state index in [-0.39, 0.29) is 7.43 Å². The number of aryl methyl sites for hydroxylation is 16. The van der Waals surface area contributed by atoms with Gasteiger partial charge in [-0.25, -0.2) is 29.3 Å². The summed E-state index contributed by atoms with van der Waals surface area (Å²) in [6, 6.07) is 72.4. The van der Waals surface area contributed by atoms with E-state index in [1.165, 1.54) is 69.7 Å². The molecule has 132 heavy (non-hydrogen) atoms. The standard InChI is InChI=1S/2C10H9N.C8H8N2.C8H7NO.2C8H7NS.2C6H7N.C5H6S.C4H7N3.C4H6N2.C4H7NO.C4H5NO.2C4H5NS.2C3H4N2S.CH4/c1-8-6-7-11-10-5-3-2-4-9(8)10;1-8-6-7-9-4-2-3-5-10(9)11-8;3*1-6-9-7-4-2-3-5-8(7)10-6;1-6-7-4-2-3-5-8(7)9-10-6;1-6-2-4-7-5-3-6;1-6-4-2-3-5-7-6;1-5-3-2-4-6-5;1-3-2-6-7-4(3)5;2*1-4-5-2-3-6-4;1-4-2-3-5-6-4;1-4-5-2-3-6-4;1-4-2-3-5-6-4;1-3-5-4-2-6-3;1-3-4-2-5-6-3;/h2*2-7H,1H3;2-5H,1H3,(H,9,10);3*2-5H,1H3;2*2-5H,1H3;2-4H,1H3;2H,1H3,(H3,5,6,7);2-3H,1H3,(H,5,6);2-3H2,1H3;3*2-3H,1H3;2*2H,1H3;1H4. The van der Waals surface area contributed by atoms with E-state index in [0.717, 1.165) is 124 Å². The van der Waals surface area contributed by atoms with Gasteiger partial charge in [0.2, 0.25) is 0 Å². The van der Waals surface area contributed by atoms with Crippen LogP contribution in [0.25, 0.3) is 65.1 Å². The van der Waals surface area contributed by atoms with Gasteiger partial charge in [0.25, 0.3) is 0 Å². The summed E-state index contributed by atoms with van der Waals surface area (Å²) in [7, 11) is 0. The van der Waals surface area contributed by atoms with Crippen molar-refractivity contribution in [2.45, 2.75) is 125 Å². The van der Waals surface area contributed by atoms with Crippen molar-refractivity contribution in [3.05, 3.63) is 389 Å². The van der Waals surface area contributed by atoms with Crippen LogP contribution in [0.1, 0.15) is 100 Å². The van der Waals surface area contributed by atoms with Crippen LogP contribution in [0, 0.1) is 111 Å². The second-order valence-electron chi connectivity index (χ2n) is 27.6. The highest BCUT2D eigenvalue weighted by atomic mass is 32.1. The molecule has 25 nitrogen and oxygen atoms in total. The number of imidazole rings is 2. The number of aromatic nitrogens is 20. The molecule has 0 aliphatic carbocycles. The zero-order valence-electron chi connectivity index (χ0n) is 76.5. The summed E-state index contributed by atoms with van der Waals surface area (Å²) in [6.45, 7) is 35.2. The maximum absolute atomic E-state index is 5.32. The lowest BCUT2D eigenvalue weighted by molar-refractivity contribution is 0.345. The zero-order chi connectivity index (χ0) is 94.0. The first-order valence-electron chi connectivity index (χ1n) is 41.1. The molecule has 0 bridgehead atoms. The number of hydrogen-bond acceptors (Lipinski definition) is 29. The molecule has 0 amide bonds. The van der Waals surface area contributed by atoms with Crippen LogP contribution in [0.4, 0.5) is 5.82 Å². The predicted molar refractivity (Wildman–Crippen MR) is 554 cm³/mol. The molecule has 5 N–H and O–H groups in total. The SMILES string of the molecule is C.CC1=NCCO1.Cc1ccc2ccccc2n1.Cc1ccccn1.Cc1cccs1.Cc1ccnc2ccccc12.Cc1ccncc1.Cc1ccno1.Cc1ccns1.Cc1cn[nH]c1N.Cc1nc2ccccc2[nH]1.Cc1nc2ccccc2o1.Cc1nc2ccccc2s1.Cc1ncc[nH]1.Cc1nccs1.Cc1ncns1.Cc1nncs1.Cc1snc2ccccc12. The Balaban J connectivity index is 0.000000217. The number of H-pyrrole nitrogens is 3. The number of fused-ring (bicyclic) bond motifs is 6. The minimum atomic E-state index is 0. The number of oxazole rings is 1. The van der Waals surface area contributed by atoms with Crippen LogP contribution in [0.5, 0.6) is 0 Å². The van der Waals surface area contributed by atoms with Crippen LogP contribution in [-0.4, -0.2) is 118 Å². The molecular formula is C100H114N22O3S7. The Morgan fingerprint density at radius 2 is 1.14 bits per heavy atom. The lowest BCUT2D eigenvalue weighted by Gasteiger charge is -1.97. The fraction of sp³-hybridized carbons (Fsp3) is 0.200. The van der Waals surface area contributed by atoms with E-state index in [1.807, 2.05) is 278 Å². The molecule has 0 spiro atoms. The van der Waals surface area contributed by atoms with Gasteiger partial charge in [0.15, 0.2) is 17.4 Å². The molecule has 0 fully saturated rings. The summed E-state index contributed by atoms with van der Waals surface area (Å²) in [5, 5.41) is 29.1. The van der Waals surface area contributed by atoms with E-state index in [0.29, 0.717) is 5.82 Å². The minimum absolute atomic E-state index is 0. The molecule has 1 aliphatic rings. The van der Waals surface area contributed by atoms with E-state index >= 15 is 0 Å². The van der Waals surface area contributed by atoms with E-state index < -0.39 is 0 Å². The largest absolute Gasteiger partial charge is 0.479 e. The highest BCUT2D eigenvalue weighted by Gasteiger charge is 2.02. The maximum Gasteiger partial charge on any atom is 0.192 e. The number of hydrogen-bond donors (Lipinski definition) is 4. The molecular weight excluding hydrogens is 1780 g/mol. The molecule has 0 saturated heterocycles. The molecule has 684 valence electrons. The molecule has 0 unspecified atom stereocenters. The number of pyridine rings is 4. The van der Waals surface area contributed by atoms with Crippen LogP contribution >= 0.6 is 79.9 Å². The first kappa shape index (κ1) is 107. The van der Waals surface area contributed by atoms with Gasteiger partial charge in [-0.1, -0.05) is 122 Å². The van der Waals surface area contributed by atoms with Gasteiger partial charge >= 0.3 is 0 Å². The minimum Gasteiger partial charge on any atom is -0.479 e. The van der Waals surface area contributed by atoms with Gasteiger partial charge < -0.3 is 29.4 Å². The molecule has 32 heteroatoms. The van der Waals surface area contributed by atoms with Crippen molar-refractivity contribution in [1.29, 1.82) is 0 Å². The molecule has 1 aliphatic heterocycles. The van der Waals surface area contributed by atoms with E-state index in [2.05, 4.69) is 177 Å². The van der Waals surface area contributed by atoms with Crippen molar-refractivity contribution in [2.24, 2.45) is 4.99 Å². The predicted octanol–water partition coefficient (Wildman–Crippen LogP) is 26.8. The fourth-order valence-corrected chi connectivity index (χ4v) is 13.7. The van der Waals surface area contributed by atoms with Gasteiger partial charge in [0.05, 0.1) is 66.8 Å². The lowest BCUT2D eigenvalue weighted by atomic mass is 10.1. The number of ether oxygens (including phenoxy) is 1. The lowest BCUT2D eigenvalue weighted by Crippen LogP contribution is -1.89. The molecule has 0 atom stereocenters. The number of thiophene rings is 1. The summed E-state index contributed by atoms with van der Waals surface area (Å²) in [5.74, 6) is 5.00. The zero-order valence-corrected chi connectivity index (χ0v) is 82.2. The van der Waals surface area contributed by atoms with Crippen molar-refractivity contribution >= 4 is 157 Å². The average molecular weight is 1900 g/mol. The van der Waals surface area contributed by atoms with Gasteiger partial charge in [-0.05, 0) is 258 Å². The normalized spacial score (nSPS) is 10.0. The van der Waals surface area contributed by atoms with Gasteiger partial charge in [-0.3, -0.25) is 35.0 Å². The van der Waals surface area contributed by atoms with Crippen LogP contribution in [0.2, 0.25) is 0 Å². The molecule has 23 rings (SSSR count). The van der Waals surface area contributed by atoms with E-state index in [1.54, 1.807) is 131 Å². The summed E-state index contributed by atoms with van der Waals surface area (Å²) < 4.78 is 27.9. The Bertz CT molecular complexity index is 5980. The third kappa shape index (κ3) is 44.4. The third-order valence-corrected chi connectivity index (χ3v) is 21.8. The number of para-hydroxylation sites is 7. The molecule has 17 heterocycles. The Morgan fingerprint density at radius 3 is 1.58 bits per heavy atom. The Morgan fingerprint density at radius 1 is 0.439 bits per heavy atom. The van der Waals surface area contributed by atoms with Crippen LogP contribution < -0.4 is 5.73 Å². The number of benzene rings is 6. The number of nitrogens with two attached hydrogens (primary N) is 1. The Hall–Kier alpha value is -13.9. The second-order valence-corrected chi connectivity index (χ2v) is 35.1. The smallest absolute Gasteiger partial charge is 0.192 e. The van der Waals surface area contributed by atoms with E-state index in [9.17, 15) is 0 Å². The number of anilines is 1. The first-order chi connectivity index (χ1) is 63.4. The fourth-order valence-electron chi connectivity index (χ4n) is 10.2. The Kier molecular flexibility index (Phi) is 50.5. The molecule has 6 aromatic carbocycles. The van der Waals surface area contributed by atoms with Crippen molar-refractivity contribution in [3.63, 3.8) is 0 Å². The molecule has 16 aromatic heterocycles. The molecule has 0 saturated carbocycles. The van der Waals surface area contributed by atoms with Crippen molar-refractivity contribution in [1.82, 2.24) is 98.5 Å². The van der Waals surface area contributed by atoms with Gasteiger partial charge in [-0.15, -0.1) is 55.5 Å². The summed E-state index contributed by atoms with van der Waals surface area (Å²) in [5.41, 5.74) is 21.1. The number of rotatable bonds is 0. The first-order valence-corrected chi connectivity index (χ1v) is 46.9. The summed E-state index contributed by atoms with van der Waals surface area (Å²) >= 11 is 11.3. The highest BCUT2D eigenvalue weighted by molar-refractivity contribution is 7.18. The molecule has 0 radical (unpaired) electrons. The molecule has 22 aromatic rings. The third-order valence-electron chi connectivity index (χ3n) is 16.7. The Labute approximate surface area is 800 Å². The van der Waals surface area contributed by atoms with Gasteiger partial charge in [0, 0.05) is 123 Å². The number of aliphatic imine (C=N–C) groups is 1. The van der Waals surface area contributed by atoms with Gasteiger partial charge in [-0.2, -0.15) is 13.8 Å². The second kappa shape index (κ2) is 62.4. The highest BCUT2D eigenvalue weighted by Crippen LogP contribution is 2.22. The maximum atomic E-state index is 5.32. The monoisotopic (exact) mass is 1890 g/mol. The van der Waals surface area contributed by atoms with Crippen LogP contribution in [-0.2, 0) is 4.74 Å². The average Bonchev–Trinajstić information content (AvgIpc) is 1.73. The van der Waals surface area contributed by atoms with Crippen molar-refractivity contribution in [2.75, 3.05) is 18.9 Å². The number of nitrogens with zero attached hydrogens (tertiary/aromatic N) is 18. The quantitative estimate of drug-likeness (QED) is 0.110. The van der Waals surface area contributed by atoms with Crippen LogP contribution in [0.15, 0.2) is 317 Å². The number of aromatic amines is 3. The summed E-state index contributed by atoms with van der Waals surface area (Å²) in [4.78, 5) is 54.7. The van der Waals surface area contributed by atoms with Gasteiger partial charge in [0.1, 0.15) is 57.2 Å². The van der Waals surface area contributed by atoms with E-state index in [4.69, 9.17) is 14.9 Å². The van der Waals surface area contributed by atoms with Crippen molar-refractivity contribution in [3.8, 4) is 0 Å². The number of thiazole rings is 2. The van der Waals surface area contributed by atoms with Crippen LogP contribution in [0.3, 0.4) is 0 Å². The number of nitrogen functional groups attached to an aromatic ring is 1.